The van der Waals surface area contributed by atoms with Gasteiger partial charge in [-0.1, -0.05) is 61.5 Å². The largest absolute Gasteiger partial charge is 0.309 e. The Morgan fingerprint density at radius 1 is 1.00 bits per heavy atom. The predicted octanol–water partition coefficient (Wildman–Crippen LogP) is 4.97. The molecular formula is C19H25NS. The summed E-state index contributed by atoms with van der Waals surface area (Å²) in [7, 11) is 0. The molecule has 0 saturated carbocycles. The van der Waals surface area contributed by atoms with Crippen molar-refractivity contribution in [1.82, 2.24) is 5.32 Å². The van der Waals surface area contributed by atoms with Crippen LogP contribution in [-0.2, 0) is 5.75 Å². The Bertz CT molecular complexity index is 524. The average Bonchev–Trinajstić information content (AvgIpc) is 2.52. The average molecular weight is 299 g/mol. The number of hydrogen-bond acceptors (Lipinski definition) is 2. The maximum atomic E-state index is 3.69. The van der Waals surface area contributed by atoms with E-state index in [0.717, 1.165) is 18.1 Å². The first kappa shape index (κ1) is 16.1. The topological polar surface area (TPSA) is 12.0 Å². The highest BCUT2D eigenvalue weighted by Gasteiger charge is 2.12. The third kappa shape index (κ3) is 5.22. The summed E-state index contributed by atoms with van der Waals surface area (Å²) in [5.41, 5.74) is 4.22. The van der Waals surface area contributed by atoms with Crippen LogP contribution in [0.2, 0.25) is 0 Å². The van der Waals surface area contributed by atoms with Crippen molar-refractivity contribution in [3.8, 4) is 0 Å². The summed E-state index contributed by atoms with van der Waals surface area (Å²) in [6.07, 6.45) is 1.17. The van der Waals surface area contributed by atoms with Gasteiger partial charge in [-0.15, -0.1) is 0 Å². The molecule has 0 aliphatic carbocycles. The van der Waals surface area contributed by atoms with Crippen molar-refractivity contribution in [3.05, 3.63) is 71.3 Å². The Kier molecular flexibility index (Phi) is 6.84. The summed E-state index contributed by atoms with van der Waals surface area (Å²) in [6.45, 7) is 5.50. The van der Waals surface area contributed by atoms with Gasteiger partial charge in [0.15, 0.2) is 0 Å². The van der Waals surface area contributed by atoms with Crippen molar-refractivity contribution in [2.75, 3.05) is 12.3 Å². The van der Waals surface area contributed by atoms with Crippen LogP contribution in [-0.4, -0.2) is 12.3 Å². The highest BCUT2D eigenvalue weighted by molar-refractivity contribution is 7.98. The molecule has 0 amide bonds. The number of aryl methyl sites for hydroxylation is 1. The normalized spacial score (nSPS) is 12.3. The van der Waals surface area contributed by atoms with E-state index < -0.39 is 0 Å². The molecule has 21 heavy (non-hydrogen) atoms. The van der Waals surface area contributed by atoms with E-state index in [-0.39, 0.29) is 0 Å². The lowest BCUT2D eigenvalue weighted by Crippen LogP contribution is -2.24. The molecule has 2 heteroatoms. The molecular weight excluding hydrogens is 274 g/mol. The van der Waals surface area contributed by atoms with Gasteiger partial charge < -0.3 is 5.32 Å². The molecule has 0 bridgehead atoms. The van der Waals surface area contributed by atoms with Gasteiger partial charge in [0.2, 0.25) is 0 Å². The van der Waals surface area contributed by atoms with Crippen molar-refractivity contribution >= 4 is 11.8 Å². The van der Waals surface area contributed by atoms with Crippen molar-refractivity contribution in [1.29, 1.82) is 0 Å². The van der Waals surface area contributed by atoms with Gasteiger partial charge >= 0.3 is 0 Å². The van der Waals surface area contributed by atoms with Crippen LogP contribution in [0.5, 0.6) is 0 Å². The van der Waals surface area contributed by atoms with E-state index >= 15 is 0 Å². The van der Waals surface area contributed by atoms with Crippen LogP contribution in [0, 0.1) is 6.92 Å². The summed E-state index contributed by atoms with van der Waals surface area (Å²) >= 11 is 2.01. The summed E-state index contributed by atoms with van der Waals surface area (Å²) in [6, 6.07) is 19.9. The Morgan fingerprint density at radius 3 is 2.43 bits per heavy atom. The Morgan fingerprint density at radius 2 is 1.71 bits per heavy atom. The first-order valence-corrected chi connectivity index (χ1v) is 8.87. The highest BCUT2D eigenvalue weighted by atomic mass is 32.2. The zero-order chi connectivity index (χ0) is 14.9. The summed E-state index contributed by atoms with van der Waals surface area (Å²) in [4.78, 5) is 0. The Hall–Kier alpha value is -1.25. The smallest absolute Gasteiger partial charge is 0.0414 e. The molecule has 1 unspecified atom stereocenters. The van der Waals surface area contributed by atoms with E-state index in [1.807, 2.05) is 11.8 Å². The lowest BCUT2D eigenvalue weighted by Gasteiger charge is -2.20. The molecule has 2 aromatic carbocycles. The number of nitrogens with one attached hydrogen (secondary N) is 1. The third-order valence-corrected chi connectivity index (χ3v) is 4.71. The quantitative estimate of drug-likeness (QED) is 0.738. The molecule has 0 aliphatic rings. The predicted molar refractivity (Wildman–Crippen MR) is 94.8 cm³/mol. The van der Waals surface area contributed by atoms with Crippen LogP contribution in [0.15, 0.2) is 54.6 Å². The lowest BCUT2D eigenvalue weighted by molar-refractivity contribution is 0.575. The molecule has 112 valence electrons. The van der Waals surface area contributed by atoms with Crippen LogP contribution >= 0.6 is 11.8 Å². The maximum Gasteiger partial charge on any atom is 0.0414 e. The van der Waals surface area contributed by atoms with Crippen LogP contribution < -0.4 is 5.32 Å². The van der Waals surface area contributed by atoms with E-state index in [4.69, 9.17) is 0 Å². The van der Waals surface area contributed by atoms with Crippen molar-refractivity contribution in [2.45, 2.75) is 32.1 Å². The molecule has 0 heterocycles. The van der Waals surface area contributed by atoms with Crippen LogP contribution in [0.4, 0.5) is 0 Å². The minimum atomic E-state index is 0.444. The van der Waals surface area contributed by atoms with E-state index in [0.29, 0.717) is 6.04 Å². The van der Waals surface area contributed by atoms with Crippen molar-refractivity contribution < 1.29 is 0 Å². The molecule has 0 saturated heterocycles. The standard InChI is InChI=1S/C19H25NS/c1-3-13-20-19(18-12-8-7-9-16(18)2)15-21-14-17-10-5-4-6-11-17/h4-12,19-20H,3,13-15H2,1-2H3. The molecule has 0 spiro atoms. The molecule has 1 N–H and O–H groups in total. The number of thioether (sulfide) groups is 1. The lowest BCUT2D eigenvalue weighted by atomic mass is 10.0. The van der Waals surface area contributed by atoms with Gasteiger partial charge in [-0.3, -0.25) is 0 Å². The maximum absolute atomic E-state index is 3.69. The highest BCUT2D eigenvalue weighted by Crippen LogP contribution is 2.23. The van der Waals surface area contributed by atoms with Crippen molar-refractivity contribution in [3.63, 3.8) is 0 Å². The second-order valence-corrected chi connectivity index (χ2v) is 6.39. The van der Waals surface area contributed by atoms with E-state index in [9.17, 15) is 0 Å². The fourth-order valence-corrected chi connectivity index (χ4v) is 3.50. The van der Waals surface area contributed by atoms with Gasteiger partial charge in [0.1, 0.15) is 0 Å². The van der Waals surface area contributed by atoms with Crippen LogP contribution in [0.25, 0.3) is 0 Å². The first-order valence-electron chi connectivity index (χ1n) is 7.72. The van der Waals surface area contributed by atoms with E-state index in [1.54, 1.807) is 0 Å². The van der Waals surface area contributed by atoms with Crippen LogP contribution in [0.1, 0.15) is 36.1 Å². The Labute approximate surface area is 133 Å². The van der Waals surface area contributed by atoms with Crippen LogP contribution in [0.3, 0.4) is 0 Å². The SMILES string of the molecule is CCCNC(CSCc1ccccc1)c1ccccc1C. The van der Waals surface area contributed by atoms with Gasteiger partial charge in [0, 0.05) is 17.5 Å². The molecule has 0 fully saturated rings. The third-order valence-electron chi connectivity index (χ3n) is 3.60. The Balaban J connectivity index is 1.95. The van der Waals surface area contributed by atoms with Gasteiger partial charge in [-0.2, -0.15) is 11.8 Å². The first-order chi connectivity index (χ1) is 10.3. The molecule has 1 atom stereocenters. The zero-order valence-corrected chi connectivity index (χ0v) is 13.8. The van der Waals surface area contributed by atoms with Gasteiger partial charge in [0.25, 0.3) is 0 Å². The molecule has 0 aromatic heterocycles. The fraction of sp³-hybridized carbons (Fsp3) is 0.368. The second kappa shape index (κ2) is 8.91. The fourth-order valence-electron chi connectivity index (χ4n) is 2.42. The number of benzene rings is 2. The minimum absolute atomic E-state index is 0.444. The molecule has 2 aromatic rings. The van der Waals surface area contributed by atoms with Gasteiger partial charge in [0.05, 0.1) is 0 Å². The molecule has 0 radical (unpaired) electrons. The van der Waals surface area contributed by atoms with Gasteiger partial charge in [-0.05, 0) is 36.6 Å². The summed E-state index contributed by atoms with van der Waals surface area (Å²) in [5, 5.41) is 3.69. The summed E-state index contributed by atoms with van der Waals surface area (Å²) in [5.74, 6) is 2.19. The van der Waals surface area contributed by atoms with E-state index in [2.05, 4.69) is 73.8 Å². The number of hydrogen-bond donors (Lipinski definition) is 1. The van der Waals surface area contributed by atoms with Gasteiger partial charge in [-0.25, -0.2) is 0 Å². The number of rotatable bonds is 8. The monoisotopic (exact) mass is 299 g/mol. The molecule has 1 nitrogen and oxygen atoms in total. The summed E-state index contributed by atoms with van der Waals surface area (Å²) < 4.78 is 0. The second-order valence-electron chi connectivity index (χ2n) is 5.36. The molecule has 0 aliphatic heterocycles. The minimum Gasteiger partial charge on any atom is -0.309 e. The zero-order valence-electron chi connectivity index (χ0n) is 13.0. The molecule has 2 rings (SSSR count). The van der Waals surface area contributed by atoms with E-state index in [1.165, 1.54) is 23.1 Å². The van der Waals surface area contributed by atoms with Crippen molar-refractivity contribution in [2.24, 2.45) is 0 Å².